The molecular formula is C32H46N2O4. The number of methoxy groups -OCH3 is 2. The van der Waals surface area contributed by atoms with Gasteiger partial charge >= 0.3 is 0 Å². The van der Waals surface area contributed by atoms with Gasteiger partial charge in [0, 0.05) is 37.9 Å². The van der Waals surface area contributed by atoms with E-state index in [1.165, 1.54) is 48.9 Å². The van der Waals surface area contributed by atoms with E-state index in [4.69, 9.17) is 14.2 Å². The van der Waals surface area contributed by atoms with Crippen LogP contribution < -0.4 is 19.1 Å². The van der Waals surface area contributed by atoms with Crippen LogP contribution in [0.1, 0.15) is 68.6 Å². The van der Waals surface area contributed by atoms with Gasteiger partial charge in [-0.05, 0) is 67.3 Å². The van der Waals surface area contributed by atoms with Gasteiger partial charge in [-0.25, -0.2) is 0 Å². The quantitative estimate of drug-likeness (QED) is 0.201. The molecule has 2 aromatic carbocycles. The number of carbonyl (C=O) groups is 1. The van der Waals surface area contributed by atoms with Crippen molar-refractivity contribution in [2.45, 2.75) is 65.7 Å². The molecule has 0 spiro atoms. The van der Waals surface area contributed by atoms with Crippen LogP contribution >= 0.6 is 0 Å². The summed E-state index contributed by atoms with van der Waals surface area (Å²) in [5.74, 6) is 1.86. The van der Waals surface area contributed by atoms with Gasteiger partial charge in [0.25, 0.3) is 0 Å². The highest BCUT2D eigenvalue weighted by atomic mass is 16.5. The number of ether oxygens (including phenoxy) is 3. The van der Waals surface area contributed by atoms with E-state index in [1.54, 1.807) is 20.3 Å². The van der Waals surface area contributed by atoms with E-state index < -0.39 is 0 Å². The highest BCUT2D eigenvalue weighted by Crippen LogP contribution is 2.39. The maximum absolute atomic E-state index is 12.9. The summed E-state index contributed by atoms with van der Waals surface area (Å²) in [7, 11) is 3.26. The van der Waals surface area contributed by atoms with Crippen molar-refractivity contribution in [2.24, 2.45) is 0 Å². The minimum atomic E-state index is 0.0157. The highest BCUT2D eigenvalue weighted by molar-refractivity contribution is 5.92. The van der Waals surface area contributed by atoms with E-state index in [0.29, 0.717) is 36.9 Å². The molecule has 0 unspecified atom stereocenters. The zero-order valence-electron chi connectivity index (χ0n) is 24.1. The summed E-state index contributed by atoms with van der Waals surface area (Å²) in [6.07, 6.45) is 12.1. The molecule has 1 aliphatic rings. The lowest BCUT2D eigenvalue weighted by atomic mass is 10.1. The minimum Gasteiger partial charge on any atom is -0.493 e. The van der Waals surface area contributed by atoms with Gasteiger partial charge in [-0.2, -0.15) is 0 Å². The van der Waals surface area contributed by atoms with Crippen LogP contribution in [0.2, 0.25) is 0 Å². The lowest BCUT2D eigenvalue weighted by Crippen LogP contribution is -2.48. The summed E-state index contributed by atoms with van der Waals surface area (Å²) < 4.78 is 17.3. The Labute approximate surface area is 229 Å². The van der Waals surface area contributed by atoms with E-state index in [1.807, 2.05) is 23.1 Å². The third kappa shape index (κ3) is 8.44. The second-order valence-corrected chi connectivity index (χ2v) is 10.1. The largest absolute Gasteiger partial charge is 0.493 e. The number of benzene rings is 2. The number of piperazine rings is 1. The van der Waals surface area contributed by atoms with Crippen LogP contribution in [0.15, 0.2) is 36.4 Å². The molecule has 38 heavy (non-hydrogen) atoms. The van der Waals surface area contributed by atoms with Gasteiger partial charge in [0.2, 0.25) is 11.7 Å². The molecule has 0 atom stereocenters. The van der Waals surface area contributed by atoms with Crippen molar-refractivity contribution >= 4 is 17.7 Å². The van der Waals surface area contributed by atoms with Crippen LogP contribution in [0.3, 0.4) is 0 Å². The van der Waals surface area contributed by atoms with Gasteiger partial charge in [-0.1, -0.05) is 51.5 Å². The summed E-state index contributed by atoms with van der Waals surface area (Å²) in [6, 6.07) is 10.4. The van der Waals surface area contributed by atoms with E-state index in [9.17, 15) is 4.79 Å². The number of hydrogen-bond donors (Lipinski definition) is 0. The maximum atomic E-state index is 12.9. The Morgan fingerprint density at radius 2 is 1.47 bits per heavy atom. The van der Waals surface area contributed by atoms with Gasteiger partial charge in [0.15, 0.2) is 11.5 Å². The maximum Gasteiger partial charge on any atom is 0.246 e. The van der Waals surface area contributed by atoms with Crippen molar-refractivity contribution in [3.05, 3.63) is 53.1 Å². The molecule has 0 radical (unpaired) electrons. The topological polar surface area (TPSA) is 51.2 Å². The normalized spacial score (nSPS) is 13.7. The minimum absolute atomic E-state index is 0.0157. The van der Waals surface area contributed by atoms with Crippen molar-refractivity contribution in [2.75, 3.05) is 51.9 Å². The summed E-state index contributed by atoms with van der Waals surface area (Å²) in [4.78, 5) is 17.2. The molecule has 0 bridgehead atoms. The number of rotatable bonds is 14. The zero-order valence-corrected chi connectivity index (χ0v) is 24.1. The van der Waals surface area contributed by atoms with Gasteiger partial charge in [-0.3, -0.25) is 4.79 Å². The Hall–Kier alpha value is -3.15. The molecule has 6 heteroatoms. The number of nitrogens with zero attached hydrogens (tertiary/aromatic N) is 2. The molecule has 0 saturated carbocycles. The Bertz CT molecular complexity index is 1030. The molecule has 2 aromatic rings. The second kappa shape index (κ2) is 15.3. The third-order valence-corrected chi connectivity index (χ3v) is 7.34. The van der Waals surface area contributed by atoms with E-state index in [0.717, 1.165) is 31.5 Å². The molecule has 0 N–H and O–H groups in total. The first kappa shape index (κ1) is 29.4. The van der Waals surface area contributed by atoms with Crippen LogP contribution in [-0.4, -0.2) is 57.8 Å². The first-order valence-corrected chi connectivity index (χ1v) is 14.1. The monoisotopic (exact) mass is 522 g/mol. The summed E-state index contributed by atoms with van der Waals surface area (Å²) in [5.41, 5.74) is 4.66. The predicted octanol–water partition coefficient (Wildman–Crippen LogP) is 6.81. The summed E-state index contributed by atoms with van der Waals surface area (Å²) in [5, 5.41) is 0. The predicted molar refractivity (Wildman–Crippen MR) is 157 cm³/mol. The van der Waals surface area contributed by atoms with Crippen LogP contribution in [0.5, 0.6) is 17.2 Å². The molecule has 6 nitrogen and oxygen atoms in total. The second-order valence-electron chi connectivity index (χ2n) is 10.1. The van der Waals surface area contributed by atoms with Crippen molar-refractivity contribution in [3.8, 4) is 17.2 Å². The van der Waals surface area contributed by atoms with Crippen LogP contribution in [0.25, 0.3) is 6.08 Å². The smallest absolute Gasteiger partial charge is 0.246 e. The van der Waals surface area contributed by atoms with Crippen LogP contribution in [0.4, 0.5) is 5.69 Å². The zero-order chi connectivity index (χ0) is 27.3. The fourth-order valence-electron chi connectivity index (χ4n) is 4.75. The molecule has 1 heterocycles. The lowest BCUT2D eigenvalue weighted by Gasteiger charge is -2.36. The first-order chi connectivity index (χ1) is 18.5. The van der Waals surface area contributed by atoms with Crippen LogP contribution in [-0.2, 0) is 4.79 Å². The molecule has 1 aliphatic heterocycles. The Morgan fingerprint density at radius 3 is 2.08 bits per heavy atom. The molecule has 1 amide bonds. The van der Waals surface area contributed by atoms with Crippen molar-refractivity contribution in [1.29, 1.82) is 0 Å². The number of amides is 1. The molecular weight excluding hydrogens is 476 g/mol. The Kier molecular flexibility index (Phi) is 11.8. The average Bonchev–Trinajstić information content (AvgIpc) is 2.94. The first-order valence-electron chi connectivity index (χ1n) is 14.1. The highest BCUT2D eigenvalue weighted by Gasteiger charge is 2.20. The molecule has 1 saturated heterocycles. The van der Waals surface area contributed by atoms with Gasteiger partial charge < -0.3 is 24.0 Å². The number of unbranched alkanes of at least 4 members (excludes halogenated alkanes) is 6. The third-order valence-electron chi connectivity index (χ3n) is 7.34. The van der Waals surface area contributed by atoms with Crippen LogP contribution in [0, 0.1) is 13.8 Å². The molecule has 208 valence electrons. The average molecular weight is 523 g/mol. The summed E-state index contributed by atoms with van der Waals surface area (Å²) in [6.45, 7) is 10.2. The van der Waals surface area contributed by atoms with Crippen molar-refractivity contribution < 1.29 is 19.0 Å². The number of hydrogen-bond acceptors (Lipinski definition) is 5. The van der Waals surface area contributed by atoms with Gasteiger partial charge in [-0.15, -0.1) is 0 Å². The lowest BCUT2D eigenvalue weighted by molar-refractivity contribution is -0.126. The van der Waals surface area contributed by atoms with E-state index in [-0.39, 0.29) is 5.91 Å². The molecule has 1 fully saturated rings. The van der Waals surface area contributed by atoms with Crippen molar-refractivity contribution in [3.63, 3.8) is 0 Å². The van der Waals surface area contributed by atoms with Gasteiger partial charge in [0.1, 0.15) is 0 Å². The summed E-state index contributed by atoms with van der Waals surface area (Å²) >= 11 is 0. The number of carbonyl (C=O) groups excluding carboxylic acids is 1. The number of anilines is 1. The molecule has 0 aliphatic carbocycles. The van der Waals surface area contributed by atoms with E-state index >= 15 is 0 Å². The van der Waals surface area contributed by atoms with Crippen molar-refractivity contribution in [1.82, 2.24) is 4.90 Å². The standard InChI is InChI=1S/C32H46N2O4/c1-6-7-8-9-10-11-12-21-38-32-29(36-4)23-27(24-30(32)37-5)14-16-31(35)34-19-17-33(18-20-34)28-15-13-25(2)26(3)22-28/h13-16,22-24H,6-12,17-21H2,1-5H3/b16-14+. The molecule has 3 rings (SSSR count). The fraction of sp³-hybridized carbons (Fsp3) is 0.531. The van der Waals surface area contributed by atoms with Gasteiger partial charge in [0.05, 0.1) is 20.8 Å². The Morgan fingerprint density at radius 1 is 0.842 bits per heavy atom. The fourth-order valence-corrected chi connectivity index (χ4v) is 4.75. The van der Waals surface area contributed by atoms with E-state index in [2.05, 4.69) is 43.9 Å². The Balaban J connectivity index is 1.53. The SMILES string of the molecule is CCCCCCCCCOc1c(OC)cc(/C=C/C(=O)N2CCN(c3ccc(C)c(C)c3)CC2)cc1OC. The molecule has 0 aromatic heterocycles. The number of aryl methyl sites for hydroxylation is 2.